The summed E-state index contributed by atoms with van der Waals surface area (Å²) in [7, 11) is -2.99. The molecule has 0 spiro atoms. The Balaban J connectivity index is 2.46. The Bertz CT molecular complexity index is 612. The zero-order valence-corrected chi connectivity index (χ0v) is 13.2. The summed E-state index contributed by atoms with van der Waals surface area (Å²) in [5, 5.41) is 3.62. The van der Waals surface area contributed by atoms with E-state index >= 15 is 0 Å². The van der Waals surface area contributed by atoms with Gasteiger partial charge in [0, 0.05) is 28.9 Å². The number of hydrogen-bond acceptors (Lipinski definition) is 3. The summed E-state index contributed by atoms with van der Waals surface area (Å²) < 4.78 is 21.8. The summed E-state index contributed by atoms with van der Waals surface area (Å²) in [4.78, 5) is 11.5. The SMILES string of the molecule is CS(=O)(=O)CCCNC(=O)C=Cc1cc(Cl)ccc1Cl. The van der Waals surface area contributed by atoms with E-state index in [1.807, 2.05) is 0 Å². The van der Waals surface area contributed by atoms with Crippen molar-refractivity contribution >= 4 is 45.0 Å². The number of benzene rings is 1. The van der Waals surface area contributed by atoms with E-state index in [1.54, 1.807) is 24.3 Å². The highest BCUT2D eigenvalue weighted by molar-refractivity contribution is 7.90. The van der Waals surface area contributed by atoms with E-state index in [1.165, 1.54) is 6.08 Å². The van der Waals surface area contributed by atoms with Crippen molar-refractivity contribution in [2.45, 2.75) is 6.42 Å². The molecule has 0 atom stereocenters. The zero-order chi connectivity index (χ0) is 15.2. The molecule has 0 aliphatic heterocycles. The number of hydrogen-bond donors (Lipinski definition) is 1. The lowest BCUT2D eigenvalue weighted by atomic mass is 10.2. The number of halogens is 2. The molecule has 1 aromatic rings. The minimum atomic E-state index is -2.99. The lowest BCUT2D eigenvalue weighted by Gasteiger charge is -2.02. The van der Waals surface area contributed by atoms with Crippen LogP contribution in [0, 0.1) is 0 Å². The van der Waals surface area contributed by atoms with Gasteiger partial charge in [0.2, 0.25) is 5.91 Å². The molecule has 0 bridgehead atoms. The molecular weight excluding hydrogens is 321 g/mol. The second-order valence-electron chi connectivity index (χ2n) is 4.27. The third-order valence-corrected chi connectivity index (χ3v) is 3.97. The maximum absolute atomic E-state index is 11.5. The van der Waals surface area contributed by atoms with Crippen molar-refractivity contribution in [2.75, 3.05) is 18.6 Å². The van der Waals surface area contributed by atoms with Crippen LogP contribution in [0.3, 0.4) is 0 Å². The molecule has 110 valence electrons. The van der Waals surface area contributed by atoms with Gasteiger partial charge in [0.1, 0.15) is 9.84 Å². The number of amides is 1. The van der Waals surface area contributed by atoms with Gasteiger partial charge in [-0.15, -0.1) is 0 Å². The second kappa shape index (κ2) is 7.67. The van der Waals surface area contributed by atoms with E-state index in [4.69, 9.17) is 23.2 Å². The van der Waals surface area contributed by atoms with Crippen LogP contribution in [-0.4, -0.2) is 32.9 Å². The molecule has 0 heterocycles. The van der Waals surface area contributed by atoms with Gasteiger partial charge < -0.3 is 5.32 Å². The van der Waals surface area contributed by atoms with Gasteiger partial charge >= 0.3 is 0 Å². The van der Waals surface area contributed by atoms with Crippen LogP contribution >= 0.6 is 23.2 Å². The predicted molar refractivity (Wildman–Crippen MR) is 82.8 cm³/mol. The normalized spacial score (nSPS) is 11.8. The average molecular weight is 336 g/mol. The monoisotopic (exact) mass is 335 g/mol. The lowest BCUT2D eigenvalue weighted by Crippen LogP contribution is -2.23. The van der Waals surface area contributed by atoms with Crippen LogP contribution in [0.4, 0.5) is 0 Å². The van der Waals surface area contributed by atoms with Crippen molar-refractivity contribution in [1.29, 1.82) is 0 Å². The van der Waals surface area contributed by atoms with E-state index in [0.717, 1.165) is 6.26 Å². The Hall–Kier alpha value is -1.04. The third kappa shape index (κ3) is 6.93. The lowest BCUT2D eigenvalue weighted by molar-refractivity contribution is -0.116. The number of carbonyl (C=O) groups excluding carboxylic acids is 1. The van der Waals surface area contributed by atoms with E-state index in [9.17, 15) is 13.2 Å². The predicted octanol–water partition coefficient (Wildman–Crippen LogP) is 2.56. The fourth-order valence-electron chi connectivity index (χ4n) is 1.41. The Kier molecular flexibility index (Phi) is 6.52. The highest BCUT2D eigenvalue weighted by Crippen LogP contribution is 2.21. The van der Waals surface area contributed by atoms with Crippen molar-refractivity contribution in [3.05, 3.63) is 39.9 Å². The van der Waals surface area contributed by atoms with Gasteiger partial charge in [-0.05, 0) is 36.3 Å². The Morgan fingerprint density at radius 2 is 2.05 bits per heavy atom. The van der Waals surface area contributed by atoms with E-state index in [2.05, 4.69) is 5.32 Å². The number of nitrogens with one attached hydrogen (secondary N) is 1. The summed E-state index contributed by atoms with van der Waals surface area (Å²) in [6.45, 7) is 0.305. The fraction of sp³-hybridized carbons (Fsp3) is 0.308. The second-order valence-corrected chi connectivity index (χ2v) is 7.38. The minimum absolute atomic E-state index is 0.0527. The van der Waals surface area contributed by atoms with Gasteiger partial charge in [0.15, 0.2) is 0 Å². The van der Waals surface area contributed by atoms with Crippen LogP contribution in [0.15, 0.2) is 24.3 Å². The number of carbonyl (C=O) groups is 1. The summed E-state index contributed by atoms with van der Waals surface area (Å²) in [6, 6.07) is 4.96. The molecule has 0 radical (unpaired) electrons. The van der Waals surface area contributed by atoms with Crippen LogP contribution in [0.25, 0.3) is 6.08 Å². The first kappa shape index (κ1) is 17.0. The molecule has 1 amide bonds. The highest BCUT2D eigenvalue weighted by atomic mass is 35.5. The number of rotatable bonds is 6. The average Bonchev–Trinajstić information content (AvgIpc) is 2.34. The van der Waals surface area contributed by atoms with Crippen LogP contribution in [0.2, 0.25) is 10.0 Å². The first-order valence-electron chi connectivity index (χ1n) is 5.86. The van der Waals surface area contributed by atoms with Crippen LogP contribution < -0.4 is 5.32 Å². The summed E-state index contributed by atoms with van der Waals surface area (Å²) in [5.74, 6) is -0.258. The van der Waals surface area contributed by atoms with E-state index in [0.29, 0.717) is 28.6 Å². The summed E-state index contributed by atoms with van der Waals surface area (Å²) in [6.07, 6.45) is 4.43. The first-order chi connectivity index (χ1) is 9.28. The zero-order valence-electron chi connectivity index (χ0n) is 10.9. The van der Waals surface area contributed by atoms with Crippen molar-refractivity contribution in [2.24, 2.45) is 0 Å². The topological polar surface area (TPSA) is 63.2 Å². The molecule has 0 saturated carbocycles. The molecule has 20 heavy (non-hydrogen) atoms. The van der Waals surface area contributed by atoms with Crippen molar-refractivity contribution in [3.63, 3.8) is 0 Å². The van der Waals surface area contributed by atoms with Gasteiger partial charge in [0.25, 0.3) is 0 Å². The standard InChI is InChI=1S/C13H15Cl2NO3S/c1-20(18,19)8-2-7-16-13(17)6-3-10-9-11(14)4-5-12(10)15/h3-6,9H,2,7-8H2,1H3,(H,16,17). The van der Waals surface area contributed by atoms with Gasteiger partial charge in [-0.1, -0.05) is 23.2 Å². The Morgan fingerprint density at radius 3 is 2.70 bits per heavy atom. The molecule has 4 nitrogen and oxygen atoms in total. The number of sulfone groups is 1. The molecule has 1 rings (SSSR count). The quantitative estimate of drug-likeness (QED) is 0.641. The molecule has 0 unspecified atom stereocenters. The summed E-state index contributed by atoms with van der Waals surface area (Å²) >= 11 is 11.8. The molecule has 1 aromatic carbocycles. The van der Waals surface area contributed by atoms with Crippen LogP contribution in [0.1, 0.15) is 12.0 Å². The third-order valence-electron chi connectivity index (χ3n) is 2.36. The molecule has 1 N–H and O–H groups in total. The molecular formula is C13H15Cl2NO3S. The van der Waals surface area contributed by atoms with Crippen molar-refractivity contribution in [1.82, 2.24) is 5.32 Å². The largest absolute Gasteiger partial charge is 0.353 e. The summed E-state index contributed by atoms with van der Waals surface area (Å²) in [5.41, 5.74) is 0.644. The molecule has 0 saturated heterocycles. The van der Waals surface area contributed by atoms with Crippen molar-refractivity contribution < 1.29 is 13.2 Å². The van der Waals surface area contributed by atoms with E-state index < -0.39 is 9.84 Å². The molecule has 0 aromatic heterocycles. The van der Waals surface area contributed by atoms with Gasteiger partial charge in [-0.2, -0.15) is 0 Å². The Labute approximate surface area is 128 Å². The maximum Gasteiger partial charge on any atom is 0.244 e. The molecule has 0 aliphatic carbocycles. The van der Waals surface area contributed by atoms with Crippen LogP contribution in [0.5, 0.6) is 0 Å². The maximum atomic E-state index is 11.5. The Morgan fingerprint density at radius 1 is 1.35 bits per heavy atom. The fourth-order valence-corrected chi connectivity index (χ4v) is 2.44. The smallest absolute Gasteiger partial charge is 0.244 e. The van der Waals surface area contributed by atoms with Gasteiger partial charge in [-0.3, -0.25) is 4.79 Å². The minimum Gasteiger partial charge on any atom is -0.353 e. The molecule has 7 heteroatoms. The van der Waals surface area contributed by atoms with Crippen LogP contribution in [-0.2, 0) is 14.6 Å². The van der Waals surface area contributed by atoms with Gasteiger partial charge in [0.05, 0.1) is 5.75 Å². The molecule has 0 aliphatic rings. The molecule has 0 fully saturated rings. The van der Waals surface area contributed by atoms with E-state index in [-0.39, 0.29) is 11.7 Å². The van der Waals surface area contributed by atoms with Gasteiger partial charge in [-0.25, -0.2) is 8.42 Å². The van der Waals surface area contributed by atoms with Crippen molar-refractivity contribution in [3.8, 4) is 0 Å². The first-order valence-corrected chi connectivity index (χ1v) is 8.68. The highest BCUT2D eigenvalue weighted by Gasteiger charge is 2.02.